The van der Waals surface area contributed by atoms with Crippen LogP contribution in [-0.4, -0.2) is 24.2 Å². The number of carbonyl (C=O) groups excluding carboxylic acids is 1. The molecular formula is C15H24N2O3. The second kappa shape index (κ2) is 5.22. The van der Waals surface area contributed by atoms with Gasteiger partial charge in [0.25, 0.3) is 0 Å². The van der Waals surface area contributed by atoms with Crippen molar-refractivity contribution in [2.45, 2.75) is 51.8 Å². The average Bonchev–Trinajstić information content (AvgIpc) is 2.92. The first-order valence-corrected chi connectivity index (χ1v) is 7.07. The van der Waals surface area contributed by atoms with Crippen LogP contribution < -0.4 is 11.1 Å². The number of hydrogen-bond acceptors (Lipinski definition) is 4. The molecule has 0 bridgehead atoms. The molecule has 1 fully saturated rings. The predicted octanol–water partition coefficient (Wildman–Crippen LogP) is 1.99. The third-order valence-corrected chi connectivity index (χ3v) is 4.55. The zero-order valence-electron chi connectivity index (χ0n) is 12.6. The van der Waals surface area contributed by atoms with E-state index in [0.29, 0.717) is 13.0 Å². The summed E-state index contributed by atoms with van der Waals surface area (Å²) >= 11 is 0. The van der Waals surface area contributed by atoms with Crippen molar-refractivity contribution in [2.24, 2.45) is 11.1 Å². The van der Waals surface area contributed by atoms with Gasteiger partial charge in [0.2, 0.25) is 5.91 Å². The maximum atomic E-state index is 12.5. The molecule has 2 rings (SSSR count). The Morgan fingerprint density at radius 3 is 2.85 bits per heavy atom. The lowest BCUT2D eigenvalue weighted by Gasteiger charge is -2.57. The van der Waals surface area contributed by atoms with Crippen molar-refractivity contribution < 1.29 is 13.9 Å². The minimum absolute atomic E-state index is 0.0298. The number of ether oxygens (including phenoxy) is 1. The Morgan fingerprint density at radius 1 is 1.65 bits per heavy atom. The highest BCUT2D eigenvalue weighted by Gasteiger charge is 2.62. The summed E-state index contributed by atoms with van der Waals surface area (Å²) in [4.78, 5) is 12.5. The van der Waals surface area contributed by atoms with Crippen molar-refractivity contribution in [1.82, 2.24) is 5.32 Å². The molecule has 1 heterocycles. The molecule has 3 N–H and O–H groups in total. The molecule has 0 saturated heterocycles. The lowest BCUT2D eigenvalue weighted by atomic mass is 9.54. The highest BCUT2D eigenvalue weighted by atomic mass is 16.5. The lowest BCUT2D eigenvalue weighted by molar-refractivity contribution is -0.171. The molecule has 1 amide bonds. The van der Waals surface area contributed by atoms with Crippen LogP contribution in [0.25, 0.3) is 0 Å². The summed E-state index contributed by atoms with van der Waals surface area (Å²) in [6.45, 7) is 8.42. The van der Waals surface area contributed by atoms with E-state index in [4.69, 9.17) is 14.9 Å². The van der Waals surface area contributed by atoms with Crippen LogP contribution in [0.1, 0.15) is 45.9 Å². The summed E-state index contributed by atoms with van der Waals surface area (Å²) in [6.07, 6.45) is 2.17. The van der Waals surface area contributed by atoms with Crippen molar-refractivity contribution >= 4 is 5.91 Å². The van der Waals surface area contributed by atoms with Gasteiger partial charge in [-0.3, -0.25) is 4.79 Å². The fourth-order valence-electron chi connectivity index (χ4n) is 2.75. The van der Waals surface area contributed by atoms with Gasteiger partial charge in [-0.1, -0.05) is 13.8 Å². The minimum Gasteiger partial charge on any atom is -0.467 e. The molecule has 112 valence electrons. The molecule has 0 aliphatic heterocycles. The molecule has 5 nitrogen and oxygen atoms in total. The molecule has 5 heteroatoms. The molecule has 0 radical (unpaired) electrons. The minimum atomic E-state index is -0.895. The summed E-state index contributed by atoms with van der Waals surface area (Å²) in [5, 5.41) is 2.93. The second-order valence-electron chi connectivity index (χ2n) is 6.05. The summed E-state index contributed by atoms with van der Waals surface area (Å²) in [6, 6.07) is 3.44. The Bertz CT molecular complexity index is 469. The van der Waals surface area contributed by atoms with E-state index in [1.165, 1.54) is 0 Å². The van der Waals surface area contributed by atoms with Gasteiger partial charge in [-0.15, -0.1) is 0 Å². The summed E-state index contributed by atoms with van der Waals surface area (Å²) < 4.78 is 10.9. The summed E-state index contributed by atoms with van der Waals surface area (Å²) in [5.41, 5.74) is 5.05. The first-order chi connectivity index (χ1) is 9.33. The zero-order valence-corrected chi connectivity index (χ0v) is 12.6. The van der Waals surface area contributed by atoms with Gasteiger partial charge in [0.05, 0.1) is 18.4 Å². The number of amides is 1. The molecule has 20 heavy (non-hydrogen) atoms. The fraction of sp³-hybridized carbons (Fsp3) is 0.667. The maximum absolute atomic E-state index is 12.5. The number of nitrogens with one attached hydrogen (secondary N) is 1. The standard InChI is InChI=1S/C15H24N2O3/c1-5-19-12-9-15(16,14(12,3)4)13(18)17-10(2)11-7-6-8-20-11/h6-8,10,12H,5,9,16H2,1-4H3,(H,17,18)/t10-,12?,15?/m1/s1. The van der Waals surface area contributed by atoms with Crippen molar-refractivity contribution in [3.63, 3.8) is 0 Å². The molecule has 2 unspecified atom stereocenters. The van der Waals surface area contributed by atoms with E-state index in [9.17, 15) is 4.79 Å². The second-order valence-corrected chi connectivity index (χ2v) is 6.05. The Hall–Kier alpha value is -1.33. The Balaban J connectivity index is 2.03. The number of furan rings is 1. The normalized spacial score (nSPS) is 29.6. The van der Waals surface area contributed by atoms with Gasteiger partial charge in [-0.25, -0.2) is 0 Å². The van der Waals surface area contributed by atoms with Crippen LogP contribution >= 0.6 is 0 Å². The van der Waals surface area contributed by atoms with Crippen LogP contribution in [0.5, 0.6) is 0 Å². The van der Waals surface area contributed by atoms with Crippen molar-refractivity contribution in [3.05, 3.63) is 24.2 Å². The lowest BCUT2D eigenvalue weighted by Crippen LogP contribution is -2.75. The number of hydrogen-bond donors (Lipinski definition) is 2. The molecule has 1 aliphatic rings. The Morgan fingerprint density at radius 2 is 2.35 bits per heavy atom. The molecule has 1 aromatic heterocycles. The first kappa shape index (κ1) is 15.1. The number of carbonyl (C=O) groups is 1. The van der Waals surface area contributed by atoms with Crippen LogP contribution in [0.2, 0.25) is 0 Å². The Kier molecular flexibility index (Phi) is 3.93. The van der Waals surface area contributed by atoms with E-state index in [-0.39, 0.29) is 23.5 Å². The fourth-order valence-corrected chi connectivity index (χ4v) is 2.75. The van der Waals surface area contributed by atoms with Crippen LogP contribution in [0.4, 0.5) is 0 Å². The number of rotatable bonds is 5. The van der Waals surface area contributed by atoms with Crippen molar-refractivity contribution in [1.29, 1.82) is 0 Å². The van der Waals surface area contributed by atoms with Gasteiger partial charge in [-0.05, 0) is 26.0 Å². The highest BCUT2D eigenvalue weighted by molar-refractivity contribution is 5.89. The van der Waals surface area contributed by atoms with E-state index in [1.54, 1.807) is 12.3 Å². The van der Waals surface area contributed by atoms with E-state index in [2.05, 4.69) is 5.32 Å². The highest BCUT2D eigenvalue weighted by Crippen LogP contribution is 2.50. The van der Waals surface area contributed by atoms with Gasteiger partial charge in [0.15, 0.2) is 0 Å². The van der Waals surface area contributed by atoms with E-state index < -0.39 is 5.54 Å². The van der Waals surface area contributed by atoms with Gasteiger partial charge < -0.3 is 20.2 Å². The Labute approximate surface area is 119 Å². The van der Waals surface area contributed by atoms with Gasteiger partial charge in [-0.2, -0.15) is 0 Å². The van der Waals surface area contributed by atoms with Crippen LogP contribution in [0.15, 0.2) is 22.8 Å². The van der Waals surface area contributed by atoms with E-state index >= 15 is 0 Å². The summed E-state index contributed by atoms with van der Waals surface area (Å²) in [7, 11) is 0. The molecular weight excluding hydrogens is 256 g/mol. The van der Waals surface area contributed by atoms with E-state index in [0.717, 1.165) is 5.76 Å². The monoisotopic (exact) mass is 280 g/mol. The van der Waals surface area contributed by atoms with Gasteiger partial charge >= 0.3 is 0 Å². The molecule has 1 aromatic rings. The number of nitrogens with two attached hydrogens (primary N) is 1. The molecule has 0 spiro atoms. The SMILES string of the molecule is CCOC1CC(N)(C(=O)N[C@H](C)c2ccco2)C1(C)C. The topological polar surface area (TPSA) is 77.5 Å². The average molecular weight is 280 g/mol. The molecule has 1 aliphatic carbocycles. The third kappa shape index (κ3) is 2.25. The quantitative estimate of drug-likeness (QED) is 0.864. The van der Waals surface area contributed by atoms with Crippen LogP contribution in [-0.2, 0) is 9.53 Å². The smallest absolute Gasteiger partial charge is 0.241 e. The largest absolute Gasteiger partial charge is 0.467 e. The van der Waals surface area contributed by atoms with Gasteiger partial charge in [0.1, 0.15) is 11.3 Å². The third-order valence-electron chi connectivity index (χ3n) is 4.55. The van der Waals surface area contributed by atoms with Gasteiger partial charge in [0, 0.05) is 18.4 Å². The van der Waals surface area contributed by atoms with E-state index in [1.807, 2.05) is 33.8 Å². The van der Waals surface area contributed by atoms with Crippen LogP contribution in [0.3, 0.4) is 0 Å². The molecule has 0 aromatic carbocycles. The summed E-state index contributed by atoms with van der Waals surface area (Å²) in [5.74, 6) is 0.572. The first-order valence-electron chi connectivity index (χ1n) is 7.07. The van der Waals surface area contributed by atoms with Crippen molar-refractivity contribution in [3.8, 4) is 0 Å². The molecule has 3 atom stereocenters. The zero-order chi connectivity index (χ0) is 15.0. The maximum Gasteiger partial charge on any atom is 0.241 e. The molecule has 1 saturated carbocycles. The van der Waals surface area contributed by atoms with Crippen molar-refractivity contribution in [2.75, 3.05) is 6.61 Å². The predicted molar refractivity (Wildman–Crippen MR) is 76.0 cm³/mol. The van der Waals surface area contributed by atoms with Crippen LogP contribution in [0, 0.1) is 5.41 Å².